The third-order valence-electron chi connectivity index (χ3n) is 27.6. The summed E-state index contributed by atoms with van der Waals surface area (Å²) in [6.07, 6.45) is 1.23. The predicted molar refractivity (Wildman–Crippen MR) is 388 cm³/mol. The summed E-state index contributed by atoms with van der Waals surface area (Å²) in [5.74, 6) is -31.8. The molecule has 5 aromatic rings. The minimum absolute atomic E-state index is 0.0138. The molecule has 14 aliphatic heterocycles. The molecule has 6 saturated carbocycles. The van der Waals surface area contributed by atoms with Crippen molar-refractivity contribution in [3.05, 3.63) is 112 Å². The van der Waals surface area contributed by atoms with Gasteiger partial charge in [0, 0.05) is 0 Å². The Bertz CT molecular complexity index is 6140. The van der Waals surface area contributed by atoms with Gasteiger partial charge >= 0.3 is 190 Å². The van der Waals surface area contributed by atoms with E-state index in [1.165, 1.54) is 38.1 Å². The number of rotatable bonds is 2. The standard InChI is InChI=1S/C16H6O6.C12H10O6.3C10H8O6.C10H2O6.C8H4O6.C8H6O6/c17-13-9-3-1-7(5-11(9)15(19)21-13)8-2-4-10-12(6-8)16(20)22-14(10)18;13-9-3-1-4(10(14)17-9)8-6-2-5(7(3)8)11(15)18-12(6)16;1-9-3(5(11)15-7(9)13)10(2)4(9)6(12)16-8(10)14;11-6-2-3-4-1-5(7(3)10(14)15-6)9(13)16-8(4)12;2*11-7-3-1-4-6(10(14)16-8(4)12)2-5(3)9(13)15-7;9-5-1-2(6(10)13-5)4-3(1)7(11)14-8(4)12;9-5-1-3(7(11)13-5)4-2-6(10)14-8(4)12/h1-6H;3-8H,1-2H2;3-4H,1-2H3;3-5,7H,1-2H2;3-6H,1-2H2;1-2H;1-4H;3-4H,1-2H2. The Morgan fingerprint density at radius 1 is 0.227 bits per heavy atom. The zero-order valence-electron chi connectivity index (χ0n) is 66.6. The molecule has 0 N–H and O–H groups in total. The Labute approximate surface area is 725 Å². The van der Waals surface area contributed by atoms with Gasteiger partial charge in [-0.1, -0.05) is 12.1 Å². The molecule has 3 aromatic carbocycles. The number of benzene rings is 3. The van der Waals surface area contributed by atoms with E-state index in [0.29, 0.717) is 30.4 Å². The fourth-order valence-corrected chi connectivity index (χ4v) is 21.6. The molecule has 0 amide bonds. The summed E-state index contributed by atoms with van der Waals surface area (Å²) < 4.78 is 71.5. The molecule has 6 bridgehead atoms. The highest BCUT2D eigenvalue weighted by Crippen LogP contribution is 2.70. The molecule has 0 radical (unpaired) electrons. The molecule has 16 heterocycles. The number of ether oxygens (including phenoxy) is 14. The number of hydrogen-bond donors (Lipinski definition) is 0. The van der Waals surface area contributed by atoms with Crippen LogP contribution in [0.5, 0.6) is 0 Å². The summed E-state index contributed by atoms with van der Waals surface area (Å²) in [5.41, 5.74) is -3.71. The van der Waals surface area contributed by atoms with Crippen molar-refractivity contribution in [1.82, 2.24) is 0 Å². The first-order valence-electron chi connectivity index (χ1n) is 40.0. The first-order valence-corrected chi connectivity index (χ1v) is 40.0. The summed E-state index contributed by atoms with van der Waals surface area (Å²) in [7, 11) is 0. The van der Waals surface area contributed by atoms with E-state index in [1.54, 1.807) is 12.1 Å². The van der Waals surface area contributed by atoms with Crippen LogP contribution < -0.4 is 22.5 Å². The zero-order chi connectivity index (χ0) is 94.6. The highest BCUT2D eigenvalue weighted by Gasteiger charge is 2.86. The predicted octanol–water partition coefficient (Wildman–Crippen LogP) is -2.84. The van der Waals surface area contributed by atoms with Crippen LogP contribution in [-0.4, -0.2) is 167 Å². The van der Waals surface area contributed by atoms with Crippen molar-refractivity contribution < 1.29 is 209 Å². The highest BCUT2D eigenvalue weighted by molar-refractivity contribution is 6.18. The van der Waals surface area contributed by atoms with Crippen LogP contribution >= 0.6 is 0 Å². The molecule has 0 spiro atoms. The Kier molecular flexibility index (Phi) is 20.2. The minimum atomic E-state index is -1.23. The number of fused-ring (bicyclic) bond motifs is 28. The maximum Gasteiger partial charge on any atom is 0.346 e. The van der Waals surface area contributed by atoms with Crippen LogP contribution in [0.1, 0.15) is 107 Å². The first kappa shape index (κ1) is 86.6. The largest absolute Gasteiger partial charge is 0.393 e. The zero-order valence-corrected chi connectivity index (χ0v) is 66.6. The fraction of sp³-hybridized carbons (Fsp3) is 0.405. The summed E-state index contributed by atoms with van der Waals surface area (Å²) in [4.78, 5) is 362. The monoisotopic (exact) mass is 1830 g/mol. The second kappa shape index (κ2) is 30.8. The van der Waals surface area contributed by atoms with Gasteiger partial charge < -0.3 is 75.2 Å². The molecule has 48 nitrogen and oxygen atoms in total. The Morgan fingerprint density at radius 2 is 0.485 bits per heavy atom. The minimum Gasteiger partial charge on any atom is -0.393 e. The van der Waals surface area contributed by atoms with Crippen molar-refractivity contribution in [2.24, 2.45) is 141 Å². The van der Waals surface area contributed by atoms with Crippen LogP contribution in [0.25, 0.3) is 32.7 Å². The Morgan fingerprint density at radius 3 is 0.811 bits per heavy atom. The van der Waals surface area contributed by atoms with Crippen LogP contribution in [0.15, 0.2) is 76.5 Å². The molecule has 20 aliphatic rings. The number of carbonyl (C=O) groups is 28. The van der Waals surface area contributed by atoms with Crippen LogP contribution in [0.4, 0.5) is 0 Å². The third-order valence-corrected chi connectivity index (χ3v) is 27.6. The quantitative estimate of drug-likeness (QED) is 0.0743. The molecule has 18 fully saturated rings. The van der Waals surface area contributed by atoms with E-state index >= 15 is 0 Å². The number of carbonyl (C=O) groups excluding carboxylic acids is 28. The van der Waals surface area contributed by atoms with Gasteiger partial charge in [0.25, 0.3) is 0 Å². The van der Waals surface area contributed by atoms with Gasteiger partial charge in [-0.25, -0.2) is 38.4 Å². The first-order chi connectivity index (χ1) is 62.4. The van der Waals surface area contributed by atoms with Gasteiger partial charge in [0.15, 0.2) is 0 Å². The molecule has 25 rings (SSSR count). The van der Waals surface area contributed by atoms with Crippen molar-refractivity contribution in [2.45, 2.75) is 65.2 Å². The van der Waals surface area contributed by atoms with Crippen molar-refractivity contribution in [3.8, 4) is 11.1 Å². The van der Waals surface area contributed by atoms with Crippen LogP contribution in [0.3, 0.4) is 0 Å². The van der Waals surface area contributed by atoms with E-state index in [1.807, 2.05) is 0 Å². The Hall–Kier alpha value is -16.1. The second-order valence-corrected chi connectivity index (χ2v) is 34.1. The smallest absolute Gasteiger partial charge is 0.346 e. The van der Waals surface area contributed by atoms with E-state index < -0.39 is 319 Å². The molecule has 48 heteroatoms. The molecule has 12 saturated heterocycles. The highest BCUT2D eigenvalue weighted by atomic mass is 16.7. The number of cyclic esters (lactones) is 28. The molecular formula is C84H52O48. The van der Waals surface area contributed by atoms with E-state index in [4.69, 9.17) is 9.47 Å². The number of hydrogen-bond acceptors (Lipinski definition) is 48. The summed E-state index contributed by atoms with van der Waals surface area (Å²) in [6.45, 7) is 2.94. The summed E-state index contributed by atoms with van der Waals surface area (Å²) in [5, 5.41) is -0.0726. The van der Waals surface area contributed by atoms with Gasteiger partial charge in [0.1, 0.15) is 0 Å². The number of esters is 28. The van der Waals surface area contributed by atoms with E-state index in [9.17, 15) is 153 Å². The van der Waals surface area contributed by atoms with Gasteiger partial charge in [0.2, 0.25) is 0 Å². The molecule has 6 aliphatic carbocycles. The summed E-state index contributed by atoms with van der Waals surface area (Å²) >= 11 is 0. The average Bonchev–Trinajstić information content (AvgIpc) is 1.48. The third kappa shape index (κ3) is 13.3. The van der Waals surface area contributed by atoms with Crippen molar-refractivity contribution in [2.75, 3.05) is 0 Å². The van der Waals surface area contributed by atoms with Gasteiger partial charge in [-0.05, 0) is 111 Å². The van der Waals surface area contributed by atoms with Gasteiger partial charge in [-0.2, -0.15) is 0 Å². The van der Waals surface area contributed by atoms with Crippen LogP contribution in [0.2, 0.25) is 0 Å². The maximum absolute atomic E-state index is 11.7. The van der Waals surface area contributed by atoms with Gasteiger partial charge in [-0.3, -0.25) is 115 Å². The SMILES string of the molecule is CC12C(=O)OC(=O)C1C1(C)C(=O)OC(=O)C21.O=C1CC(C2CC(=O)OC2=O)C(=O)O1.O=C1CC2C3CC(C(=O)OC3=O)C2C(=O)O1.O=C1OC(=O)C2C1C1C(=O)OC(=O)C21.O=C1OC(=O)C2CC1C1C3CC(C(=O)OC3=O)C21.O=C1OC(=O)C2CC3C(=O)OC(=O)C3CC12.O=C1OC(=O)c2cc(-c3ccc4c(c3)C(=O)OC4=O)ccc21.O=c1oc(=O)c2cc3c(=O)oc(=O)c3cc12. The molecule has 132 heavy (non-hydrogen) atoms. The fourth-order valence-electron chi connectivity index (χ4n) is 21.6. The lowest BCUT2D eigenvalue weighted by molar-refractivity contribution is -0.180. The molecule has 14 atom stereocenters. The molecule has 676 valence electrons. The lowest BCUT2D eigenvalue weighted by Crippen LogP contribution is -2.65. The van der Waals surface area contributed by atoms with Crippen LogP contribution in [0, 0.1) is 141 Å². The Balaban J connectivity index is 0.000000102. The maximum atomic E-state index is 11.7. The van der Waals surface area contributed by atoms with Gasteiger partial charge in [0.05, 0.1) is 186 Å². The van der Waals surface area contributed by atoms with Gasteiger partial charge in [-0.15, -0.1) is 0 Å². The number of furan rings is 2. The van der Waals surface area contributed by atoms with Crippen molar-refractivity contribution in [1.29, 1.82) is 0 Å². The lowest BCUT2D eigenvalue weighted by atomic mass is 9.41. The second-order valence-electron chi connectivity index (χ2n) is 34.1. The molecule has 14 unspecified atom stereocenters. The average molecular weight is 1830 g/mol. The van der Waals surface area contributed by atoms with E-state index in [0.717, 1.165) is 12.1 Å². The normalized spacial score (nSPS) is 34.7. The molecule has 2 aromatic heterocycles. The topological polar surface area (TPSA) is 702 Å². The summed E-state index contributed by atoms with van der Waals surface area (Å²) in [6, 6.07) is 11.6. The molecular weight excluding hydrogens is 1780 g/mol. The van der Waals surface area contributed by atoms with E-state index in [-0.39, 0.29) is 87.7 Å². The lowest BCUT2D eigenvalue weighted by Gasteiger charge is -2.50. The van der Waals surface area contributed by atoms with Crippen molar-refractivity contribution >= 4 is 189 Å². The van der Waals surface area contributed by atoms with Crippen LogP contribution in [-0.2, 0) is 181 Å². The van der Waals surface area contributed by atoms with E-state index in [2.05, 4.69) is 65.7 Å². The van der Waals surface area contributed by atoms with Crippen molar-refractivity contribution in [3.63, 3.8) is 0 Å².